The molecule has 1 fully saturated rings. The fraction of sp³-hybridized carbons (Fsp3) is 0.370. The average molecular weight is 486 g/mol. The van der Waals surface area contributed by atoms with Gasteiger partial charge in [0.25, 0.3) is 5.56 Å². The van der Waals surface area contributed by atoms with Crippen molar-refractivity contribution in [3.63, 3.8) is 0 Å². The van der Waals surface area contributed by atoms with Crippen molar-refractivity contribution < 1.29 is 5.21 Å². The zero-order valence-corrected chi connectivity index (χ0v) is 20.6. The molecule has 36 heavy (non-hydrogen) atoms. The summed E-state index contributed by atoms with van der Waals surface area (Å²) in [5, 5.41) is 21.9. The Kier molecular flexibility index (Phi) is 6.39. The Balaban J connectivity index is 1.66. The van der Waals surface area contributed by atoms with Gasteiger partial charge in [0, 0.05) is 31.9 Å². The van der Waals surface area contributed by atoms with Crippen LogP contribution in [0.1, 0.15) is 49.4 Å². The molecule has 186 valence electrons. The van der Waals surface area contributed by atoms with Crippen LogP contribution >= 0.6 is 0 Å². The summed E-state index contributed by atoms with van der Waals surface area (Å²) in [4.78, 5) is 20.6. The van der Waals surface area contributed by atoms with E-state index in [9.17, 15) is 15.3 Å². The van der Waals surface area contributed by atoms with Crippen LogP contribution in [0.25, 0.3) is 17.1 Å². The van der Waals surface area contributed by atoms with Gasteiger partial charge in [-0.05, 0) is 43.9 Å². The molecule has 3 aromatic rings. The standard InChI is InChI=1S/C27H31N7O2/c1-18(2)9-12-33-25-24(22(14-28)26(33)31-11-5-7-20(29)15-31)30-17-32(27(25)35)16-23-21-8-4-3-6-19(21)10-13-34(23)36/h3-4,6,8-10,13,17,20,23,36H,5,7,11-12,15-16,29H2,1-2H3/t20-,23?/m0/s1. The van der Waals surface area contributed by atoms with E-state index in [1.54, 1.807) is 6.20 Å². The van der Waals surface area contributed by atoms with Gasteiger partial charge in [-0.3, -0.25) is 19.6 Å². The van der Waals surface area contributed by atoms with Crippen LogP contribution in [0.5, 0.6) is 0 Å². The third kappa shape index (κ3) is 4.19. The third-order valence-electron chi connectivity index (χ3n) is 7.00. The molecule has 2 aliphatic rings. The fourth-order valence-corrected chi connectivity index (χ4v) is 5.20. The van der Waals surface area contributed by atoms with E-state index in [0.717, 1.165) is 41.1 Å². The molecule has 4 heterocycles. The van der Waals surface area contributed by atoms with E-state index in [0.29, 0.717) is 35.5 Å². The van der Waals surface area contributed by atoms with Crippen LogP contribution in [-0.2, 0) is 13.1 Å². The van der Waals surface area contributed by atoms with E-state index in [1.165, 1.54) is 10.9 Å². The van der Waals surface area contributed by atoms with Gasteiger partial charge in [-0.2, -0.15) is 5.26 Å². The van der Waals surface area contributed by atoms with Gasteiger partial charge in [0.1, 0.15) is 28.5 Å². The predicted octanol–water partition coefficient (Wildman–Crippen LogP) is 3.38. The molecule has 2 atom stereocenters. The lowest BCUT2D eigenvalue weighted by molar-refractivity contribution is -0.0864. The summed E-state index contributed by atoms with van der Waals surface area (Å²) in [7, 11) is 0. The minimum atomic E-state index is -0.445. The maximum absolute atomic E-state index is 13.9. The molecule has 5 rings (SSSR count). The van der Waals surface area contributed by atoms with Gasteiger partial charge in [0.2, 0.25) is 0 Å². The number of hydrogen-bond donors (Lipinski definition) is 2. The Labute approximate surface area is 209 Å². The van der Waals surface area contributed by atoms with E-state index >= 15 is 0 Å². The number of nitrogens with zero attached hydrogens (tertiary/aromatic N) is 6. The molecular formula is C27H31N7O2. The minimum Gasteiger partial charge on any atom is -0.355 e. The van der Waals surface area contributed by atoms with Crippen LogP contribution in [-0.4, -0.2) is 43.5 Å². The van der Waals surface area contributed by atoms with Crippen molar-refractivity contribution >= 4 is 22.9 Å². The smallest absolute Gasteiger partial charge is 0.278 e. The predicted molar refractivity (Wildman–Crippen MR) is 139 cm³/mol. The summed E-state index contributed by atoms with van der Waals surface area (Å²) in [6, 6.07) is 9.68. The molecule has 0 amide bonds. The van der Waals surface area contributed by atoms with Crippen LogP contribution in [0.2, 0.25) is 0 Å². The van der Waals surface area contributed by atoms with Crippen molar-refractivity contribution in [2.75, 3.05) is 18.0 Å². The Morgan fingerprint density at radius 2 is 2.14 bits per heavy atom. The number of hydroxylamine groups is 2. The highest BCUT2D eigenvalue weighted by molar-refractivity contribution is 5.89. The zero-order chi connectivity index (χ0) is 25.4. The number of nitrogens with two attached hydrogens (primary N) is 1. The van der Waals surface area contributed by atoms with E-state index in [1.807, 2.05) is 54.8 Å². The quantitative estimate of drug-likeness (QED) is 0.532. The van der Waals surface area contributed by atoms with Gasteiger partial charge in [-0.1, -0.05) is 35.9 Å². The lowest BCUT2D eigenvalue weighted by Gasteiger charge is -2.33. The molecule has 1 unspecified atom stereocenters. The summed E-state index contributed by atoms with van der Waals surface area (Å²) >= 11 is 0. The van der Waals surface area contributed by atoms with Gasteiger partial charge in [0.15, 0.2) is 0 Å². The number of benzene rings is 1. The second-order valence-corrected chi connectivity index (χ2v) is 9.79. The SMILES string of the molecule is CC(C)=CCn1c(N2CCC[C@H](N)C2)c(C#N)c2ncn(CC3c4ccccc4C=CN3O)c(=O)c21. The first-order valence-electron chi connectivity index (χ1n) is 12.3. The Hall–Kier alpha value is -3.87. The van der Waals surface area contributed by atoms with Crippen LogP contribution in [0.15, 0.2) is 53.2 Å². The van der Waals surface area contributed by atoms with Gasteiger partial charge in [-0.25, -0.2) is 4.98 Å². The third-order valence-corrected chi connectivity index (χ3v) is 7.00. The topological polar surface area (TPSA) is 116 Å². The lowest BCUT2D eigenvalue weighted by atomic mass is 9.97. The summed E-state index contributed by atoms with van der Waals surface area (Å²) < 4.78 is 3.44. The lowest BCUT2D eigenvalue weighted by Crippen LogP contribution is -2.44. The number of anilines is 1. The second-order valence-electron chi connectivity index (χ2n) is 9.79. The molecule has 1 aromatic carbocycles. The summed E-state index contributed by atoms with van der Waals surface area (Å²) in [6.07, 6.45) is 8.84. The van der Waals surface area contributed by atoms with E-state index in [4.69, 9.17) is 5.73 Å². The maximum Gasteiger partial charge on any atom is 0.278 e. The van der Waals surface area contributed by atoms with Gasteiger partial charge >= 0.3 is 0 Å². The zero-order valence-electron chi connectivity index (χ0n) is 20.6. The highest BCUT2D eigenvalue weighted by Gasteiger charge is 2.29. The van der Waals surface area contributed by atoms with Crippen molar-refractivity contribution in [3.8, 4) is 6.07 Å². The molecule has 9 heteroatoms. The molecule has 0 bridgehead atoms. The number of nitriles is 1. The van der Waals surface area contributed by atoms with Crippen molar-refractivity contribution in [2.24, 2.45) is 5.73 Å². The largest absolute Gasteiger partial charge is 0.355 e. The van der Waals surface area contributed by atoms with Gasteiger partial charge in [0.05, 0.1) is 18.9 Å². The molecule has 0 saturated carbocycles. The summed E-state index contributed by atoms with van der Waals surface area (Å²) in [5.41, 5.74) is 10.3. The molecule has 3 N–H and O–H groups in total. The van der Waals surface area contributed by atoms with Crippen molar-refractivity contribution in [3.05, 3.63) is 75.5 Å². The molecule has 9 nitrogen and oxygen atoms in total. The Morgan fingerprint density at radius 1 is 1.33 bits per heavy atom. The molecule has 1 saturated heterocycles. The molecule has 0 aliphatic carbocycles. The normalized spacial score (nSPS) is 19.3. The van der Waals surface area contributed by atoms with Crippen LogP contribution in [0.3, 0.4) is 0 Å². The van der Waals surface area contributed by atoms with Gasteiger partial charge < -0.3 is 15.2 Å². The van der Waals surface area contributed by atoms with Crippen molar-refractivity contribution in [1.29, 1.82) is 5.26 Å². The molecular weight excluding hydrogens is 454 g/mol. The number of rotatable bonds is 5. The maximum atomic E-state index is 13.9. The van der Waals surface area contributed by atoms with E-state index in [2.05, 4.69) is 16.0 Å². The molecule has 0 radical (unpaired) electrons. The second kappa shape index (κ2) is 9.64. The Morgan fingerprint density at radius 3 is 2.89 bits per heavy atom. The average Bonchev–Trinajstić information content (AvgIpc) is 3.20. The highest BCUT2D eigenvalue weighted by Crippen LogP contribution is 2.33. The van der Waals surface area contributed by atoms with Crippen LogP contribution < -0.4 is 16.2 Å². The molecule has 2 aliphatic heterocycles. The number of aromatic nitrogens is 3. The summed E-state index contributed by atoms with van der Waals surface area (Å²) in [5.74, 6) is 0.706. The minimum absolute atomic E-state index is 0.0137. The van der Waals surface area contributed by atoms with E-state index < -0.39 is 6.04 Å². The number of allylic oxidation sites excluding steroid dienone is 2. The fourth-order valence-electron chi connectivity index (χ4n) is 5.20. The first kappa shape index (κ1) is 23.9. The summed E-state index contributed by atoms with van der Waals surface area (Å²) in [6.45, 7) is 6.07. The van der Waals surface area contributed by atoms with E-state index in [-0.39, 0.29) is 18.1 Å². The molecule has 0 spiro atoms. The van der Waals surface area contributed by atoms with Crippen molar-refractivity contribution in [1.82, 2.24) is 19.2 Å². The monoisotopic (exact) mass is 485 g/mol. The Bertz CT molecular complexity index is 1460. The van der Waals surface area contributed by atoms with Crippen LogP contribution in [0.4, 0.5) is 5.82 Å². The first-order valence-corrected chi connectivity index (χ1v) is 12.3. The number of piperidine rings is 1. The number of hydrogen-bond acceptors (Lipinski definition) is 7. The van der Waals surface area contributed by atoms with Crippen molar-refractivity contribution in [2.45, 2.75) is 51.9 Å². The number of fused-ring (bicyclic) bond motifs is 2. The van der Waals surface area contributed by atoms with Gasteiger partial charge in [-0.15, -0.1) is 0 Å². The van der Waals surface area contributed by atoms with Crippen LogP contribution in [0, 0.1) is 11.3 Å². The highest BCUT2D eigenvalue weighted by atomic mass is 16.5. The molecule has 2 aromatic heterocycles. The first-order chi connectivity index (χ1) is 17.4.